The summed E-state index contributed by atoms with van der Waals surface area (Å²) in [6.45, 7) is 0.641. The molecule has 0 fully saturated rings. The van der Waals surface area contributed by atoms with E-state index in [0.717, 1.165) is 17.3 Å². The zero-order chi connectivity index (χ0) is 14.2. The summed E-state index contributed by atoms with van der Waals surface area (Å²) in [5.74, 6) is 0. The highest BCUT2D eigenvalue weighted by molar-refractivity contribution is 7.85. The van der Waals surface area contributed by atoms with Crippen LogP contribution in [0.1, 0.15) is 0 Å². The van der Waals surface area contributed by atoms with Crippen molar-refractivity contribution in [2.75, 3.05) is 12.9 Å². The van der Waals surface area contributed by atoms with E-state index in [1.807, 2.05) is 36.4 Å². The second-order valence-corrected chi connectivity index (χ2v) is 6.36. The number of hydrogen-bond donors (Lipinski definition) is 0. The number of nitrogens with zero attached hydrogens (tertiary/aromatic N) is 1. The zero-order valence-electron chi connectivity index (χ0n) is 11.1. The van der Waals surface area contributed by atoms with Crippen molar-refractivity contribution in [3.8, 4) is 0 Å². The highest BCUT2D eigenvalue weighted by Gasteiger charge is 2.10. The van der Waals surface area contributed by atoms with Gasteiger partial charge in [0, 0.05) is 28.4 Å². The molecular weight excluding hydrogens is 274 g/mol. The van der Waals surface area contributed by atoms with Gasteiger partial charge in [-0.3, -0.25) is 4.18 Å². The molecule has 0 N–H and O–H groups in total. The maximum atomic E-state index is 11.1. The Labute approximate surface area is 117 Å². The van der Waals surface area contributed by atoms with Crippen molar-refractivity contribution in [1.82, 2.24) is 4.57 Å². The molecule has 0 saturated heterocycles. The fraction of sp³-hybridized carbons (Fsp3) is 0.200. The first-order chi connectivity index (χ1) is 9.56. The summed E-state index contributed by atoms with van der Waals surface area (Å²) in [5, 5.41) is 2.34. The standard InChI is InChI=1S/C15H15NO3S/c1-20(17,18)19-11-10-16-14-8-4-2-6-12(14)13-7-3-5-9-15(13)16/h2-9H,10-11H2,1H3. The van der Waals surface area contributed by atoms with Crippen LogP contribution in [0.5, 0.6) is 0 Å². The van der Waals surface area contributed by atoms with Crippen molar-refractivity contribution in [3.63, 3.8) is 0 Å². The minimum absolute atomic E-state index is 0.140. The molecule has 0 amide bonds. The van der Waals surface area contributed by atoms with Gasteiger partial charge >= 0.3 is 0 Å². The van der Waals surface area contributed by atoms with E-state index < -0.39 is 10.1 Å². The molecule has 1 aromatic heterocycles. The smallest absolute Gasteiger partial charge is 0.264 e. The average molecular weight is 289 g/mol. The lowest BCUT2D eigenvalue weighted by molar-refractivity contribution is 0.307. The fourth-order valence-electron chi connectivity index (χ4n) is 2.52. The molecule has 0 aliphatic rings. The third kappa shape index (κ3) is 2.42. The normalized spacial score (nSPS) is 12.2. The van der Waals surface area contributed by atoms with E-state index in [9.17, 15) is 8.42 Å². The third-order valence-electron chi connectivity index (χ3n) is 3.29. The Hall–Kier alpha value is -1.85. The number of hydrogen-bond acceptors (Lipinski definition) is 3. The van der Waals surface area contributed by atoms with Gasteiger partial charge in [0.15, 0.2) is 0 Å². The Bertz CT molecular complexity index is 812. The number of benzene rings is 2. The Morgan fingerprint density at radius 3 is 1.95 bits per heavy atom. The molecule has 0 radical (unpaired) electrons. The number of fused-ring (bicyclic) bond motifs is 3. The molecule has 104 valence electrons. The summed E-state index contributed by atoms with van der Waals surface area (Å²) < 4.78 is 29.1. The van der Waals surface area contributed by atoms with E-state index in [1.165, 1.54) is 10.8 Å². The van der Waals surface area contributed by atoms with Crippen LogP contribution in [0.2, 0.25) is 0 Å². The van der Waals surface area contributed by atoms with E-state index >= 15 is 0 Å². The summed E-state index contributed by atoms with van der Waals surface area (Å²) in [5.41, 5.74) is 2.18. The number of para-hydroxylation sites is 2. The van der Waals surface area contributed by atoms with Crippen molar-refractivity contribution in [3.05, 3.63) is 48.5 Å². The molecule has 1 heterocycles. The minimum Gasteiger partial charge on any atom is -0.338 e. The number of aromatic nitrogens is 1. The van der Waals surface area contributed by atoms with Gasteiger partial charge in [-0.15, -0.1) is 0 Å². The van der Waals surface area contributed by atoms with Crippen LogP contribution in [0, 0.1) is 0 Å². The average Bonchev–Trinajstić information content (AvgIpc) is 2.73. The maximum Gasteiger partial charge on any atom is 0.264 e. The van der Waals surface area contributed by atoms with Crippen molar-refractivity contribution in [2.45, 2.75) is 6.54 Å². The van der Waals surface area contributed by atoms with Gasteiger partial charge < -0.3 is 4.57 Å². The Balaban J connectivity index is 2.07. The molecule has 0 aliphatic carbocycles. The molecule has 0 spiro atoms. The Morgan fingerprint density at radius 2 is 1.45 bits per heavy atom. The predicted molar refractivity (Wildman–Crippen MR) is 80.2 cm³/mol. The second-order valence-electron chi connectivity index (χ2n) is 4.71. The highest BCUT2D eigenvalue weighted by Crippen LogP contribution is 2.28. The number of rotatable bonds is 4. The fourth-order valence-corrected chi connectivity index (χ4v) is 2.90. The lowest BCUT2D eigenvalue weighted by atomic mass is 10.2. The summed E-state index contributed by atoms with van der Waals surface area (Å²) in [7, 11) is -3.40. The van der Waals surface area contributed by atoms with Crippen molar-refractivity contribution >= 4 is 31.9 Å². The van der Waals surface area contributed by atoms with E-state index in [1.54, 1.807) is 0 Å². The summed E-state index contributed by atoms with van der Waals surface area (Å²) in [4.78, 5) is 0. The molecule has 0 unspecified atom stereocenters. The van der Waals surface area contributed by atoms with Crippen LogP contribution >= 0.6 is 0 Å². The van der Waals surface area contributed by atoms with Crippen LogP contribution in [0.3, 0.4) is 0 Å². The monoisotopic (exact) mass is 289 g/mol. The highest BCUT2D eigenvalue weighted by atomic mass is 32.2. The molecule has 0 atom stereocenters. The molecule has 2 aromatic carbocycles. The second kappa shape index (κ2) is 4.92. The molecule has 20 heavy (non-hydrogen) atoms. The van der Waals surface area contributed by atoms with Gasteiger partial charge in [0.05, 0.1) is 12.9 Å². The van der Waals surface area contributed by atoms with Crippen LogP contribution in [-0.4, -0.2) is 25.8 Å². The van der Waals surface area contributed by atoms with E-state index in [-0.39, 0.29) is 6.61 Å². The zero-order valence-corrected chi connectivity index (χ0v) is 11.9. The van der Waals surface area contributed by atoms with Gasteiger partial charge in [0.1, 0.15) is 0 Å². The molecule has 5 heteroatoms. The van der Waals surface area contributed by atoms with Gasteiger partial charge in [-0.05, 0) is 12.1 Å². The lowest BCUT2D eigenvalue weighted by Gasteiger charge is -2.07. The van der Waals surface area contributed by atoms with E-state index in [2.05, 4.69) is 16.7 Å². The maximum absolute atomic E-state index is 11.1. The van der Waals surface area contributed by atoms with Crippen LogP contribution in [0.4, 0.5) is 0 Å². The van der Waals surface area contributed by atoms with Gasteiger partial charge in [0.25, 0.3) is 10.1 Å². The SMILES string of the molecule is CS(=O)(=O)OCCn1c2ccccc2c2ccccc21. The summed E-state index contributed by atoms with van der Waals surface area (Å²) in [6, 6.07) is 16.2. The van der Waals surface area contributed by atoms with Crippen molar-refractivity contribution in [1.29, 1.82) is 0 Å². The van der Waals surface area contributed by atoms with Gasteiger partial charge in [0.2, 0.25) is 0 Å². The predicted octanol–water partition coefficient (Wildman–Crippen LogP) is 2.77. The summed E-state index contributed by atoms with van der Waals surface area (Å²) in [6.07, 6.45) is 1.07. The first-order valence-electron chi connectivity index (χ1n) is 6.37. The molecular formula is C15H15NO3S. The van der Waals surface area contributed by atoms with Gasteiger partial charge in [-0.1, -0.05) is 36.4 Å². The molecule has 0 bridgehead atoms. The van der Waals surface area contributed by atoms with Gasteiger partial charge in [-0.2, -0.15) is 8.42 Å². The van der Waals surface area contributed by atoms with Crippen LogP contribution in [-0.2, 0) is 20.8 Å². The molecule has 0 aliphatic heterocycles. The molecule has 0 saturated carbocycles. The largest absolute Gasteiger partial charge is 0.338 e. The topological polar surface area (TPSA) is 48.3 Å². The minimum atomic E-state index is -3.40. The van der Waals surface area contributed by atoms with Crippen LogP contribution in [0.25, 0.3) is 21.8 Å². The Kier molecular flexibility index (Phi) is 3.23. The first-order valence-corrected chi connectivity index (χ1v) is 8.18. The lowest BCUT2D eigenvalue weighted by Crippen LogP contribution is -2.10. The van der Waals surface area contributed by atoms with Crippen LogP contribution in [0.15, 0.2) is 48.5 Å². The van der Waals surface area contributed by atoms with Gasteiger partial charge in [-0.25, -0.2) is 0 Å². The third-order valence-corrected chi connectivity index (χ3v) is 3.89. The quantitative estimate of drug-likeness (QED) is 0.694. The molecule has 4 nitrogen and oxygen atoms in total. The molecule has 3 rings (SSSR count). The van der Waals surface area contributed by atoms with E-state index in [0.29, 0.717) is 6.54 Å². The summed E-state index contributed by atoms with van der Waals surface area (Å²) >= 11 is 0. The van der Waals surface area contributed by atoms with Crippen molar-refractivity contribution in [2.24, 2.45) is 0 Å². The first kappa shape index (κ1) is 13.1. The van der Waals surface area contributed by atoms with E-state index in [4.69, 9.17) is 4.18 Å². The molecule has 3 aromatic rings. The Morgan fingerprint density at radius 1 is 0.950 bits per heavy atom. The van der Waals surface area contributed by atoms with Crippen LogP contribution < -0.4 is 0 Å². The van der Waals surface area contributed by atoms with Crippen molar-refractivity contribution < 1.29 is 12.6 Å².